The van der Waals surface area contributed by atoms with Gasteiger partial charge in [0.05, 0.1) is 13.0 Å². The van der Waals surface area contributed by atoms with E-state index in [-0.39, 0.29) is 17.9 Å². The average Bonchev–Trinajstić information content (AvgIpc) is 2.72. The zero-order chi connectivity index (χ0) is 21.3. The number of ether oxygens (including phenoxy) is 1. The fourth-order valence-electron chi connectivity index (χ4n) is 3.34. The van der Waals surface area contributed by atoms with Gasteiger partial charge in [-0.25, -0.2) is 0 Å². The highest BCUT2D eigenvalue weighted by Gasteiger charge is 2.30. The van der Waals surface area contributed by atoms with Crippen molar-refractivity contribution in [1.29, 1.82) is 10.5 Å². The lowest BCUT2D eigenvalue weighted by Gasteiger charge is -2.33. The predicted octanol–water partition coefficient (Wildman–Crippen LogP) is 3.57. The summed E-state index contributed by atoms with van der Waals surface area (Å²) in [5.74, 6) is -0.726. The summed E-state index contributed by atoms with van der Waals surface area (Å²) in [5.41, 5.74) is -0.0940. The van der Waals surface area contributed by atoms with Crippen LogP contribution in [0.1, 0.15) is 77.6 Å². The molecule has 0 saturated carbocycles. The number of rotatable bonds is 14. The molecule has 1 atom stereocenters. The van der Waals surface area contributed by atoms with Gasteiger partial charge < -0.3 is 15.0 Å². The number of carbonyl (C=O) groups is 2. The number of carbonyl (C=O) groups excluding carboxylic acids is 2. The third-order valence-electron chi connectivity index (χ3n) is 5.03. The van der Waals surface area contributed by atoms with E-state index in [0.29, 0.717) is 19.7 Å². The molecule has 1 heterocycles. The molecule has 1 rings (SSSR count). The summed E-state index contributed by atoms with van der Waals surface area (Å²) in [4.78, 5) is 25.8. The molecule has 7 nitrogen and oxygen atoms in total. The summed E-state index contributed by atoms with van der Waals surface area (Å²) in [7, 11) is 0. The van der Waals surface area contributed by atoms with E-state index in [1.54, 1.807) is 17.0 Å². The number of hydrogen-bond donors (Lipinski definition) is 1. The van der Waals surface area contributed by atoms with Gasteiger partial charge in [0.25, 0.3) is 0 Å². The molecule has 1 aliphatic heterocycles. The van der Waals surface area contributed by atoms with Crippen molar-refractivity contribution in [2.24, 2.45) is 0 Å². The number of allylic oxidation sites excluding steroid dienone is 1. The molecular formula is C22H34N4O3. The quantitative estimate of drug-likeness (QED) is 0.270. The Kier molecular flexibility index (Phi) is 13.0. The molecule has 1 fully saturated rings. The smallest absolute Gasteiger partial charge is 0.308 e. The van der Waals surface area contributed by atoms with Crippen LogP contribution in [-0.4, -0.2) is 42.5 Å². The van der Waals surface area contributed by atoms with Gasteiger partial charge in [-0.3, -0.25) is 9.59 Å². The Balaban J connectivity index is 2.22. The Morgan fingerprint density at radius 1 is 1.10 bits per heavy atom. The number of nitriles is 2. The zero-order valence-electron chi connectivity index (χ0n) is 17.6. The second-order valence-corrected chi connectivity index (χ2v) is 7.42. The maximum absolute atomic E-state index is 12.1. The summed E-state index contributed by atoms with van der Waals surface area (Å²) in [6.07, 6.45) is 13.4. The zero-order valence-corrected chi connectivity index (χ0v) is 17.6. The van der Waals surface area contributed by atoms with E-state index < -0.39 is 12.0 Å². The van der Waals surface area contributed by atoms with Gasteiger partial charge in [0.15, 0.2) is 0 Å². The highest BCUT2D eigenvalue weighted by Crippen LogP contribution is 2.13. The van der Waals surface area contributed by atoms with Gasteiger partial charge in [0.1, 0.15) is 23.8 Å². The van der Waals surface area contributed by atoms with Crippen LogP contribution in [0.3, 0.4) is 0 Å². The molecule has 160 valence electrons. The van der Waals surface area contributed by atoms with Gasteiger partial charge in [0.2, 0.25) is 5.91 Å². The molecule has 1 saturated heterocycles. The highest BCUT2D eigenvalue weighted by molar-refractivity contribution is 5.87. The fraction of sp³-hybridized carbons (Fsp3) is 0.727. The SMILES string of the molecule is CCCCCCCCCCCCOC(=O)CC1C(=O)NCCN1C=C(C#N)C#N. The first-order valence-electron chi connectivity index (χ1n) is 10.8. The maximum atomic E-state index is 12.1. The van der Waals surface area contributed by atoms with Crippen molar-refractivity contribution in [2.45, 2.75) is 83.6 Å². The van der Waals surface area contributed by atoms with Crippen LogP contribution in [0.4, 0.5) is 0 Å². The van der Waals surface area contributed by atoms with Crippen LogP contribution >= 0.6 is 0 Å². The fourth-order valence-corrected chi connectivity index (χ4v) is 3.34. The Hall–Kier alpha value is -2.54. The first-order chi connectivity index (χ1) is 14.1. The third kappa shape index (κ3) is 10.5. The summed E-state index contributed by atoms with van der Waals surface area (Å²) in [6, 6.07) is 2.80. The van der Waals surface area contributed by atoms with Crippen molar-refractivity contribution in [1.82, 2.24) is 10.2 Å². The van der Waals surface area contributed by atoms with Crippen molar-refractivity contribution in [3.8, 4) is 12.1 Å². The molecule has 1 amide bonds. The lowest BCUT2D eigenvalue weighted by atomic mass is 10.1. The van der Waals surface area contributed by atoms with Crippen molar-refractivity contribution in [2.75, 3.05) is 19.7 Å². The topological polar surface area (TPSA) is 106 Å². The summed E-state index contributed by atoms with van der Waals surface area (Å²) >= 11 is 0. The van der Waals surface area contributed by atoms with Crippen LogP contribution in [0.25, 0.3) is 0 Å². The standard InChI is InChI=1S/C22H34N4O3/c1-2-3-4-5-6-7-8-9-10-11-14-29-21(27)15-20-22(28)25-12-13-26(20)18-19(16-23)17-24/h18,20H,2-15H2,1H3,(H,25,28). The highest BCUT2D eigenvalue weighted by atomic mass is 16.5. The van der Waals surface area contributed by atoms with Gasteiger partial charge in [-0.15, -0.1) is 0 Å². The third-order valence-corrected chi connectivity index (χ3v) is 5.03. The monoisotopic (exact) mass is 402 g/mol. The van der Waals surface area contributed by atoms with Crippen LogP contribution < -0.4 is 5.32 Å². The molecule has 0 radical (unpaired) electrons. The van der Waals surface area contributed by atoms with Crippen LogP contribution in [0, 0.1) is 22.7 Å². The Labute approximate surface area is 174 Å². The van der Waals surface area contributed by atoms with E-state index in [1.807, 2.05) is 0 Å². The van der Waals surface area contributed by atoms with Gasteiger partial charge in [-0.1, -0.05) is 64.7 Å². The summed E-state index contributed by atoms with van der Waals surface area (Å²) < 4.78 is 5.27. The molecule has 0 spiro atoms. The van der Waals surface area contributed by atoms with Crippen molar-refractivity contribution < 1.29 is 14.3 Å². The Morgan fingerprint density at radius 3 is 2.28 bits per heavy atom. The Bertz CT molecular complexity index is 603. The lowest BCUT2D eigenvalue weighted by molar-refractivity contribution is -0.147. The minimum atomic E-state index is -0.749. The van der Waals surface area contributed by atoms with Crippen LogP contribution in [-0.2, 0) is 14.3 Å². The van der Waals surface area contributed by atoms with Gasteiger partial charge in [-0.2, -0.15) is 10.5 Å². The molecule has 0 aromatic carbocycles. The molecule has 1 N–H and O–H groups in total. The summed E-state index contributed by atoms with van der Waals surface area (Å²) in [5, 5.41) is 20.5. The van der Waals surface area contributed by atoms with E-state index in [4.69, 9.17) is 15.3 Å². The number of unbranched alkanes of at least 4 members (excludes halogenated alkanes) is 9. The van der Waals surface area contributed by atoms with Gasteiger partial charge in [0, 0.05) is 19.3 Å². The molecule has 0 aliphatic carbocycles. The molecule has 0 aromatic heterocycles. The first-order valence-corrected chi connectivity index (χ1v) is 10.8. The molecule has 1 unspecified atom stereocenters. The molecule has 0 aromatic rings. The normalized spacial score (nSPS) is 15.8. The number of amides is 1. The minimum absolute atomic E-state index is 0.0930. The average molecular weight is 403 g/mol. The minimum Gasteiger partial charge on any atom is -0.466 e. The van der Waals surface area contributed by atoms with Gasteiger partial charge in [-0.05, 0) is 6.42 Å². The van der Waals surface area contributed by atoms with E-state index >= 15 is 0 Å². The second kappa shape index (κ2) is 15.4. The number of nitrogens with one attached hydrogen (secondary N) is 1. The van der Waals surface area contributed by atoms with E-state index in [0.717, 1.165) is 19.3 Å². The van der Waals surface area contributed by atoms with Crippen molar-refractivity contribution in [3.63, 3.8) is 0 Å². The van der Waals surface area contributed by atoms with Crippen LogP contribution in [0.2, 0.25) is 0 Å². The lowest BCUT2D eigenvalue weighted by Crippen LogP contribution is -2.54. The number of hydrogen-bond acceptors (Lipinski definition) is 6. The first kappa shape index (κ1) is 24.5. The molecular weight excluding hydrogens is 368 g/mol. The second-order valence-electron chi connectivity index (χ2n) is 7.42. The van der Waals surface area contributed by atoms with E-state index in [1.165, 1.54) is 51.1 Å². The number of nitrogens with zero attached hydrogens (tertiary/aromatic N) is 3. The Morgan fingerprint density at radius 2 is 1.69 bits per heavy atom. The molecule has 29 heavy (non-hydrogen) atoms. The van der Waals surface area contributed by atoms with Crippen molar-refractivity contribution in [3.05, 3.63) is 11.8 Å². The van der Waals surface area contributed by atoms with Gasteiger partial charge >= 0.3 is 5.97 Å². The van der Waals surface area contributed by atoms with Crippen LogP contribution in [0.15, 0.2) is 11.8 Å². The number of piperazine rings is 1. The maximum Gasteiger partial charge on any atom is 0.308 e. The van der Waals surface area contributed by atoms with E-state index in [2.05, 4.69) is 12.2 Å². The van der Waals surface area contributed by atoms with E-state index in [9.17, 15) is 9.59 Å². The number of esters is 1. The largest absolute Gasteiger partial charge is 0.466 e. The molecule has 7 heteroatoms. The van der Waals surface area contributed by atoms with Crippen molar-refractivity contribution >= 4 is 11.9 Å². The predicted molar refractivity (Wildman–Crippen MR) is 110 cm³/mol. The van der Waals surface area contributed by atoms with Crippen LogP contribution in [0.5, 0.6) is 0 Å². The molecule has 1 aliphatic rings. The summed E-state index contributed by atoms with van der Waals surface area (Å²) in [6.45, 7) is 3.43. The molecule has 0 bridgehead atoms.